The first-order valence-electron chi connectivity index (χ1n) is 5.31. The summed E-state index contributed by atoms with van der Waals surface area (Å²) in [5.41, 5.74) is 9.72. The first kappa shape index (κ1) is 12.4. The topological polar surface area (TPSA) is 68.9 Å². The van der Waals surface area contributed by atoms with Crippen molar-refractivity contribution in [1.29, 1.82) is 0 Å². The number of nitrogens with two attached hydrogens (primary N) is 1. The molecule has 3 N–H and O–H groups in total. The van der Waals surface area contributed by atoms with Crippen molar-refractivity contribution >= 4 is 29.6 Å². The number of nitrogens with zero attached hydrogens (tertiary/aromatic N) is 1. The monoisotopic (exact) mass is 263 g/mol. The van der Waals surface area contributed by atoms with Gasteiger partial charge in [-0.15, -0.1) is 0 Å². The van der Waals surface area contributed by atoms with Crippen molar-refractivity contribution in [3.63, 3.8) is 0 Å². The van der Waals surface area contributed by atoms with E-state index in [-0.39, 0.29) is 11.9 Å². The second-order valence-electron chi connectivity index (χ2n) is 3.74. The number of fused-ring (bicyclic) bond motifs is 1. The largest absolute Gasteiger partial charge is 0.454 e. The molecule has 18 heavy (non-hydrogen) atoms. The third kappa shape index (κ3) is 3.21. The van der Waals surface area contributed by atoms with E-state index in [0.717, 1.165) is 22.6 Å². The van der Waals surface area contributed by atoms with Gasteiger partial charge in [-0.1, -0.05) is 12.1 Å². The summed E-state index contributed by atoms with van der Waals surface area (Å²) in [5, 5.41) is 4.01. The van der Waals surface area contributed by atoms with Gasteiger partial charge in [-0.2, -0.15) is 5.10 Å². The van der Waals surface area contributed by atoms with Gasteiger partial charge < -0.3 is 15.2 Å². The molecule has 0 saturated carbocycles. The number of nitrogens with one attached hydrogen (secondary N) is 1. The Bertz CT molecular complexity index is 526. The minimum atomic E-state index is 0.141. The SMILES string of the molecule is CC(/C=N/NC(N)=S)=C\c1ccc2c(c1)OCO2. The van der Waals surface area contributed by atoms with Crippen LogP contribution in [0.5, 0.6) is 11.5 Å². The van der Waals surface area contributed by atoms with Gasteiger partial charge in [-0.25, -0.2) is 0 Å². The lowest BCUT2D eigenvalue weighted by Gasteiger charge is -1.99. The van der Waals surface area contributed by atoms with Crippen molar-refractivity contribution in [3.8, 4) is 11.5 Å². The van der Waals surface area contributed by atoms with Crippen molar-refractivity contribution in [2.75, 3.05) is 6.79 Å². The number of hydrazone groups is 1. The zero-order valence-electron chi connectivity index (χ0n) is 9.84. The van der Waals surface area contributed by atoms with E-state index < -0.39 is 0 Å². The molecule has 0 radical (unpaired) electrons. The summed E-state index contributed by atoms with van der Waals surface area (Å²) in [5.74, 6) is 1.53. The summed E-state index contributed by atoms with van der Waals surface area (Å²) in [6.45, 7) is 2.20. The lowest BCUT2D eigenvalue weighted by molar-refractivity contribution is 0.174. The van der Waals surface area contributed by atoms with E-state index in [2.05, 4.69) is 22.7 Å². The minimum Gasteiger partial charge on any atom is -0.454 e. The summed E-state index contributed by atoms with van der Waals surface area (Å²) < 4.78 is 10.5. The lowest BCUT2D eigenvalue weighted by Crippen LogP contribution is -2.23. The number of benzene rings is 1. The van der Waals surface area contributed by atoms with Gasteiger partial charge in [0.2, 0.25) is 6.79 Å². The van der Waals surface area contributed by atoms with Crippen molar-refractivity contribution in [1.82, 2.24) is 5.43 Å². The van der Waals surface area contributed by atoms with Gasteiger partial charge in [-0.3, -0.25) is 5.43 Å². The van der Waals surface area contributed by atoms with Crippen molar-refractivity contribution in [2.45, 2.75) is 6.92 Å². The standard InChI is InChI=1S/C12H13N3O2S/c1-8(6-14-15-12(13)18)4-9-2-3-10-11(5-9)17-7-16-10/h2-6H,7H2,1H3,(H3,13,15,18)/b8-4+,14-6+. The van der Waals surface area contributed by atoms with E-state index in [4.69, 9.17) is 15.2 Å². The highest BCUT2D eigenvalue weighted by molar-refractivity contribution is 7.80. The first-order valence-corrected chi connectivity index (χ1v) is 5.72. The summed E-state index contributed by atoms with van der Waals surface area (Å²) in [4.78, 5) is 0. The molecule has 1 aromatic carbocycles. The van der Waals surface area contributed by atoms with E-state index in [1.807, 2.05) is 31.2 Å². The maximum absolute atomic E-state index is 5.30. The highest BCUT2D eigenvalue weighted by atomic mass is 32.1. The molecule has 5 nitrogen and oxygen atoms in total. The van der Waals surface area contributed by atoms with Gasteiger partial charge >= 0.3 is 0 Å². The fourth-order valence-electron chi connectivity index (χ4n) is 1.50. The number of ether oxygens (including phenoxy) is 2. The van der Waals surface area contributed by atoms with Crippen LogP contribution in [0.2, 0.25) is 0 Å². The fourth-order valence-corrected chi connectivity index (χ4v) is 1.55. The Morgan fingerprint density at radius 1 is 1.44 bits per heavy atom. The van der Waals surface area contributed by atoms with Gasteiger partial charge in [0.1, 0.15) is 0 Å². The Labute approximate surface area is 110 Å². The predicted molar refractivity (Wildman–Crippen MR) is 74.6 cm³/mol. The maximum Gasteiger partial charge on any atom is 0.231 e. The van der Waals surface area contributed by atoms with Crippen molar-refractivity contribution < 1.29 is 9.47 Å². The van der Waals surface area contributed by atoms with E-state index >= 15 is 0 Å². The average molecular weight is 263 g/mol. The first-order chi connectivity index (χ1) is 8.65. The molecule has 0 saturated heterocycles. The van der Waals surface area contributed by atoms with Gasteiger partial charge in [0, 0.05) is 0 Å². The van der Waals surface area contributed by atoms with Crippen LogP contribution in [0.3, 0.4) is 0 Å². The number of rotatable bonds is 3. The normalized spacial score (nSPS) is 13.9. The fraction of sp³-hybridized carbons (Fsp3) is 0.167. The summed E-state index contributed by atoms with van der Waals surface area (Å²) >= 11 is 4.63. The van der Waals surface area contributed by atoms with Crippen LogP contribution in [0.15, 0.2) is 28.9 Å². The minimum absolute atomic E-state index is 0.141. The molecule has 0 aliphatic carbocycles. The third-order valence-electron chi connectivity index (χ3n) is 2.23. The van der Waals surface area contributed by atoms with E-state index in [1.165, 1.54) is 0 Å². The molecule has 1 heterocycles. The molecular formula is C12H13N3O2S. The third-order valence-corrected chi connectivity index (χ3v) is 2.33. The molecule has 0 unspecified atom stereocenters. The molecule has 0 aromatic heterocycles. The van der Waals surface area contributed by atoms with Crippen LogP contribution in [0.4, 0.5) is 0 Å². The zero-order valence-corrected chi connectivity index (χ0v) is 10.7. The van der Waals surface area contributed by atoms with Gasteiger partial charge in [0.25, 0.3) is 0 Å². The quantitative estimate of drug-likeness (QED) is 0.493. The van der Waals surface area contributed by atoms with Gasteiger partial charge in [0.15, 0.2) is 16.6 Å². The lowest BCUT2D eigenvalue weighted by atomic mass is 10.1. The van der Waals surface area contributed by atoms with Crippen LogP contribution < -0.4 is 20.6 Å². The predicted octanol–water partition coefficient (Wildman–Crippen LogP) is 1.64. The van der Waals surface area contributed by atoms with Crippen LogP contribution in [-0.4, -0.2) is 18.1 Å². The average Bonchev–Trinajstić information content (AvgIpc) is 2.75. The molecule has 94 valence electrons. The molecule has 1 aliphatic heterocycles. The molecule has 0 amide bonds. The van der Waals surface area contributed by atoms with Crippen LogP contribution in [-0.2, 0) is 0 Å². The molecule has 0 spiro atoms. The number of hydrogen-bond acceptors (Lipinski definition) is 4. The smallest absolute Gasteiger partial charge is 0.231 e. The number of allylic oxidation sites excluding steroid dienone is 1. The number of hydrogen-bond donors (Lipinski definition) is 2. The van der Waals surface area contributed by atoms with Crippen LogP contribution >= 0.6 is 12.2 Å². The van der Waals surface area contributed by atoms with Gasteiger partial charge in [0.05, 0.1) is 6.21 Å². The molecule has 0 atom stereocenters. The molecule has 6 heteroatoms. The Kier molecular flexibility index (Phi) is 3.78. The summed E-state index contributed by atoms with van der Waals surface area (Å²) in [6.07, 6.45) is 3.61. The summed E-state index contributed by atoms with van der Waals surface area (Å²) in [6, 6.07) is 5.75. The van der Waals surface area contributed by atoms with Gasteiger partial charge in [-0.05, 0) is 42.4 Å². The Morgan fingerprint density at radius 2 is 2.22 bits per heavy atom. The Balaban J connectivity index is 2.08. The second kappa shape index (κ2) is 5.50. The molecule has 0 fully saturated rings. The van der Waals surface area contributed by atoms with Crippen molar-refractivity contribution in [2.24, 2.45) is 10.8 Å². The highest BCUT2D eigenvalue weighted by Crippen LogP contribution is 2.32. The van der Waals surface area contributed by atoms with E-state index in [9.17, 15) is 0 Å². The van der Waals surface area contributed by atoms with E-state index in [1.54, 1.807) is 6.21 Å². The summed E-state index contributed by atoms with van der Waals surface area (Å²) in [7, 11) is 0. The van der Waals surface area contributed by atoms with Crippen LogP contribution in [0, 0.1) is 0 Å². The molecule has 1 aromatic rings. The van der Waals surface area contributed by atoms with E-state index in [0.29, 0.717) is 0 Å². The number of thiocarbonyl (C=S) groups is 1. The molecule has 2 rings (SSSR count). The molecule has 1 aliphatic rings. The molecule has 0 bridgehead atoms. The maximum atomic E-state index is 5.30. The van der Waals surface area contributed by atoms with Crippen molar-refractivity contribution in [3.05, 3.63) is 29.3 Å². The van der Waals surface area contributed by atoms with Crippen LogP contribution in [0.25, 0.3) is 6.08 Å². The second-order valence-corrected chi connectivity index (χ2v) is 4.18. The highest BCUT2D eigenvalue weighted by Gasteiger charge is 2.12. The Morgan fingerprint density at radius 3 is 3.00 bits per heavy atom. The van der Waals surface area contributed by atoms with Crippen LogP contribution in [0.1, 0.15) is 12.5 Å². The zero-order chi connectivity index (χ0) is 13.0. The molecular weight excluding hydrogens is 250 g/mol. The Hall–Kier alpha value is -2.08.